The zero-order valence-corrected chi connectivity index (χ0v) is 17.7. The molecular formula is C26H23FN4O. The van der Waals surface area contributed by atoms with E-state index in [0.717, 1.165) is 53.0 Å². The molecular weight excluding hydrogens is 403 g/mol. The molecule has 3 aromatic carbocycles. The minimum Gasteiger partial charge on any atom is -0.494 e. The van der Waals surface area contributed by atoms with Crippen LogP contribution in [0, 0.1) is 17.1 Å². The van der Waals surface area contributed by atoms with E-state index < -0.39 is 5.82 Å². The van der Waals surface area contributed by atoms with Gasteiger partial charge in [-0.15, -0.1) is 0 Å². The summed E-state index contributed by atoms with van der Waals surface area (Å²) in [6.07, 6.45) is 1.10. The van der Waals surface area contributed by atoms with Crippen LogP contribution in [-0.4, -0.2) is 30.8 Å². The molecule has 0 aliphatic carbocycles. The van der Waals surface area contributed by atoms with E-state index in [4.69, 9.17) is 10.00 Å². The Hall–Kier alpha value is -3.82. The first-order valence-corrected chi connectivity index (χ1v) is 10.6. The molecule has 1 unspecified atom stereocenters. The predicted molar refractivity (Wildman–Crippen MR) is 125 cm³/mol. The Morgan fingerprint density at radius 1 is 1.09 bits per heavy atom. The van der Waals surface area contributed by atoms with Gasteiger partial charge in [-0.2, -0.15) is 5.26 Å². The van der Waals surface area contributed by atoms with Gasteiger partial charge in [0.05, 0.1) is 30.0 Å². The quantitative estimate of drug-likeness (QED) is 0.467. The SMILES string of the molecule is COc1ccc(-c2cc3cc(NC4CCNC4)ccc3n2-c2ccc(C#N)cc2)cc1F. The monoisotopic (exact) mass is 426 g/mol. The smallest absolute Gasteiger partial charge is 0.165 e. The van der Waals surface area contributed by atoms with Crippen LogP contribution in [0.15, 0.2) is 66.7 Å². The molecule has 4 aromatic rings. The third-order valence-electron chi connectivity index (χ3n) is 5.93. The zero-order valence-electron chi connectivity index (χ0n) is 17.7. The Bertz CT molecular complexity index is 1310. The number of methoxy groups -OCH3 is 1. The molecule has 2 heterocycles. The molecule has 5 nitrogen and oxygen atoms in total. The number of halogens is 1. The summed E-state index contributed by atoms with van der Waals surface area (Å²) in [7, 11) is 1.46. The number of benzene rings is 3. The standard InChI is InChI=1S/C26H23FN4O/c1-32-26-9-4-18(13-23(26)27)25-14-19-12-20(30-21-10-11-29-16-21)5-8-24(19)31(25)22-6-2-17(15-28)3-7-22/h2-9,12-14,21,29-30H,10-11,16H2,1H3. The van der Waals surface area contributed by atoms with Gasteiger partial charge in [-0.3, -0.25) is 0 Å². The van der Waals surface area contributed by atoms with Gasteiger partial charge in [0.15, 0.2) is 11.6 Å². The molecule has 0 bridgehead atoms. The van der Waals surface area contributed by atoms with Crippen LogP contribution in [0.4, 0.5) is 10.1 Å². The maximum atomic E-state index is 14.5. The van der Waals surface area contributed by atoms with Crippen molar-refractivity contribution in [1.82, 2.24) is 9.88 Å². The topological polar surface area (TPSA) is 62.0 Å². The van der Waals surface area contributed by atoms with E-state index in [0.29, 0.717) is 11.6 Å². The molecule has 6 heteroatoms. The normalized spacial score (nSPS) is 15.6. The Labute approximate surface area is 186 Å². The van der Waals surface area contributed by atoms with Crippen LogP contribution in [0.2, 0.25) is 0 Å². The van der Waals surface area contributed by atoms with Gasteiger partial charge in [0.25, 0.3) is 0 Å². The minimum absolute atomic E-state index is 0.214. The molecule has 32 heavy (non-hydrogen) atoms. The maximum absolute atomic E-state index is 14.5. The zero-order chi connectivity index (χ0) is 22.1. The van der Waals surface area contributed by atoms with Crippen molar-refractivity contribution in [3.05, 3.63) is 78.1 Å². The Kier molecular flexibility index (Phi) is 5.26. The van der Waals surface area contributed by atoms with Crippen molar-refractivity contribution in [1.29, 1.82) is 5.26 Å². The summed E-state index contributed by atoms with van der Waals surface area (Å²) >= 11 is 0. The number of nitrogens with zero attached hydrogens (tertiary/aromatic N) is 2. The summed E-state index contributed by atoms with van der Waals surface area (Å²) in [4.78, 5) is 0. The summed E-state index contributed by atoms with van der Waals surface area (Å²) in [5, 5.41) is 17.2. The lowest BCUT2D eigenvalue weighted by atomic mass is 10.1. The lowest BCUT2D eigenvalue weighted by molar-refractivity contribution is 0.386. The summed E-state index contributed by atoms with van der Waals surface area (Å²) in [6, 6.07) is 23.4. The van der Waals surface area contributed by atoms with Crippen LogP contribution in [0.1, 0.15) is 12.0 Å². The highest BCUT2D eigenvalue weighted by Gasteiger charge is 2.17. The summed E-state index contributed by atoms with van der Waals surface area (Å²) in [5.41, 5.74) is 5.20. The highest BCUT2D eigenvalue weighted by Crippen LogP contribution is 2.35. The number of anilines is 1. The molecule has 1 saturated heterocycles. The fraction of sp³-hybridized carbons (Fsp3) is 0.192. The van der Waals surface area contributed by atoms with Gasteiger partial charge in [-0.25, -0.2) is 4.39 Å². The molecule has 1 aromatic heterocycles. The minimum atomic E-state index is -0.405. The first-order chi connectivity index (χ1) is 15.7. The van der Waals surface area contributed by atoms with Gasteiger partial charge in [-0.05, 0) is 79.7 Å². The highest BCUT2D eigenvalue weighted by molar-refractivity contribution is 5.91. The van der Waals surface area contributed by atoms with E-state index in [9.17, 15) is 4.39 Å². The van der Waals surface area contributed by atoms with Crippen LogP contribution < -0.4 is 15.4 Å². The molecule has 1 aliphatic rings. The Morgan fingerprint density at radius 3 is 2.62 bits per heavy atom. The number of hydrogen-bond acceptors (Lipinski definition) is 4. The molecule has 2 N–H and O–H groups in total. The fourth-order valence-electron chi connectivity index (χ4n) is 4.32. The average molecular weight is 426 g/mol. The van der Waals surface area contributed by atoms with Crippen molar-refractivity contribution in [2.24, 2.45) is 0 Å². The van der Waals surface area contributed by atoms with Crippen LogP contribution in [0.3, 0.4) is 0 Å². The molecule has 1 fully saturated rings. The van der Waals surface area contributed by atoms with E-state index in [-0.39, 0.29) is 5.75 Å². The molecule has 0 spiro atoms. The lowest BCUT2D eigenvalue weighted by Gasteiger charge is -2.14. The molecule has 160 valence electrons. The summed E-state index contributed by atoms with van der Waals surface area (Å²) in [6.45, 7) is 1.99. The Balaban J connectivity index is 1.65. The van der Waals surface area contributed by atoms with Gasteiger partial charge in [0.1, 0.15) is 0 Å². The van der Waals surface area contributed by atoms with Crippen LogP contribution in [-0.2, 0) is 0 Å². The van der Waals surface area contributed by atoms with Gasteiger partial charge in [-0.1, -0.05) is 0 Å². The van der Waals surface area contributed by atoms with Crippen LogP contribution >= 0.6 is 0 Å². The first-order valence-electron chi connectivity index (χ1n) is 10.6. The largest absolute Gasteiger partial charge is 0.494 e. The number of hydrogen-bond donors (Lipinski definition) is 2. The number of ether oxygens (including phenoxy) is 1. The molecule has 5 rings (SSSR count). The average Bonchev–Trinajstić information content (AvgIpc) is 3.46. The van der Waals surface area contributed by atoms with Crippen LogP contribution in [0.5, 0.6) is 5.75 Å². The van der Waals surface area contributed by atoms with Crippen molar-refractivity contribution in [2.45, 2.75) is 12.5 Å². The fourth-order valence-corrected chi connectivity index (χ4v) is 4.32. The number of aromatic nitrogens is 1. The van der Waals surface area contributed by atoms with Crippen molar-refractivity contribution >= 4 is 16.6 Å². The molecule has 1 atom stereocenters. The molecule has 0 radical (unpaired) electrons. The maximum Gasteiger partial charge on any atom is 0.165 e. The van der Waals surface area contributed by atoms with Gasteiger partial charge >= 0.3 is 0 Å². The third-order valence-corrected chi connectivity index (χ3v) is 5.93. The summed E-state index contributed by atoms with van der Waals surface area (Å²) < 4.78 is 21.7. The van der Waals surface area contributed by atoms with Crippen molar-refractivity contribution in [3.8, 4) is 28.8 Å². The summed E-state index contributed by atoms with van der Waals surface area (Å²) in [5.74, 6) is -0.191. The van der Waals surface area contributed by atoms with Gasteiger partial charge in [0.2, 0.25) is 0 Å². The van der Waals surface area contributed by atoms with Crippen molar-refractivity contribution < 1.29 is 9.13 Å². The van der Waals surface area contributed by atoms with Crippen LogP contribution in [0.25, 0.3) is 27.8 Å². The Morgan fingerprint density at radius 2 is 1.94 bits per heavy atom. The van der Waals surface area contributed by atoms with E-state index in [1.54, 1.807) is 18.2 Å². The number of fused-ring (bicyclic) bond motifs is 1. The molecule has 0 saturated carbocycles. The van der Waals surface area contributed by atoms with Gasteiger partial charge < -0.3 is 19.9 Å². The van der Waals surface area contributed by atoms with Gasteiger partial charge in [0, 0.05) is 34.9 Å². The number of nitriles is 1. The predicted octanol–water partition coefficient (Wildman–Crippen LogP) is 5.09. The number of rotatable bonds is 5. The van der Waals surface area contributed by atoms with E-state index in [1.165, 1.54) is 13.2 Å². The third kappa shape index (κ3) is 3.68. The second-order valence-corrected chi connectivity index (χ2v) is 7.98. The number of nitrogens with one attached hydrogen (secondary N) is 2. The highest BCUT2D eigenvalue weighted by atomic mass is 19.1. The first kappa shape index (κ1) is 20.1. The second kappa shape index (κ2) is 8.37. The van der Waals surface area contributed by atoms with Crippen molar-refractivity contribution in [2.75, 3.05) is 25.5 Å². The van der Waals surface area contributed by atoms with E-state index >= 15 is 0 Å². The van der Waals surface area contributed by atoms with Crippen molar-refractivity contribution in [3.63, 3.8) is 0 Å². The molecule has 1 aliphatic heterocycles. The molecule has 0 amide bonds. The lowest BCUT2D eigenvalue weighted by Crippen LogP contribution is -2.21. The second-order valence-electron chi connectivity index (χ2n) is 7.98. The van der Waals surface area contributed by atoms with E-state index in [2.05, 4.69) is 45.5 Å². The van der Waals surface area contributed by atoms with E-state index in [1.807, 2.05) is 18.2 Å².